The molecule has 0 aliphatic rings. The minimum atomic E-state index is -4.97. The van der Waals surface area contributed by atoms with Gasteiger partial charge in [-0.2, -0.15) is 8.42 Å². The molecule has 1 atom stereocenters. The van der Waals surface area contributed by atoms with Crippen LogP contribution in [0.15, 0.2) is 23.1 Å². The molecule has 10 heteroatoms. The lowest BCUT2D eigenvalue weighted by atomic mass is 10.1. The van der Waals surface area contributed by atoms with E-state index in [1.807, 2.05) is 0 Å². The second-order valence-electron chi connectivity index (χ2n) is 4.72. The molecule has 0 radical (unpaired) electrons. The molecule has 0 heterocycles. The lowest BCUT2D eigenvalue weighted by molar-refractivity contribution is -0.141. The highest BCUT2D eigenvalue weighted by atomic mass is 32.3. The topological polar surface area (TPSA) is 130 Å². The number of hydrogen-bond donors (Lipinski definition) is 3. The maximum absolute atomic E-state index is 13.0. The molecule has 23 heavy (non-hydrogen) atoms. The predicted octanol–water partition coefficient (Wildman–Crippen LogP) is -0.0277. The molecule has 0 aliphatic carbocycles. The largest absolute Gasteiger partial charge is 0.480 e. The number of aliphatic carboxylic acids is 1. The first-order valence-electron chi connectivity index (χ1n) is 6.35. The van der Waals surface area contributed by atoms with Crippen molar-refractivity contribution >= 4 is 28.0 Å². The number of rotatable bonds is 6. The van der Waals surface area contributed by atoms with Crippen molar-refractivity contribution in [3.63, 3.8) is 0 Å². The van der Waals surface area contributed by atoms with Crippen LogP contribution in [0.1, 0.15) is 22.8 Å². The molecule has 2 amide bonds. The Morgan fingerprint density at radius 1 is 1.30 bits per heavy atom. The summed E-state index contributed by atoms with van der Waals surface area (Å²) in [6, 6.07) is 1.78. The second kappa shape index (κ2) is 7.18. The Labute approximate surface area is 131 Å². The van der Waals surface area contributed by atoms with Crippen LogP contribution in [-0.2, 0) is 19.8 Å². The van der Waals surface area contributed by atoms with Crippen molar-refractivity contribution in [1.29, 1.82) is 0 Å². The number of amides is 2. The third kappa shape index (κ3) is 5.33. The SMILES string of the molecule is CC(=O)N[C@@H](CNC(=O)c1cc(S(=O)(=O)F)ccc1C)C(=O)O. The van der Waals surface area contributed by atoms with Gasteiger partial charge >= 0.3 is 16.2 Å². The molecule has 0 fully saturated rings. The van der Waals surface area contributed by atoms with Gasteiger partial charge in [0.15, 0.2) is 0 Å². The molecular formula is C13H15FN2O6S. The molecule has 0 aromatic heterocycles. The standard InChI is InChI=1S/C13H15FN2O6S/c1-7-3-4-9(23(14,21)22)5-10(7)12(18)15-6-11(13(19)20)16-8(2)17/h3-5,11H,6H2,1-2H3,(H,15,18)(H,16,17)(H,19,20)/t11-/m0/s1. The summed E-state index contributed by atoms with van der Waals surface area (Å²) in [5.41, 5.74) is 0.261. The van der Waals surface area contributed by atoms with Crippen molar-refractivity contribution in [3.8, 4) is 0 Å². The first-order chi connectivity index (χ1) is 10.5. The van der Waals surface area contributed by atoms with Crippen LogP contribution in [0.25, 0.3) is 0 Å². The summed E-state index contributed by atoms with van der Waals surface area (Å²) in [6.07, 6.45) is 0. The van der Waals surface area contributed by atoms with Crippen LogP contribution in [0.4, 0.5) is 3.89 Å². The zero-order valence-electron chi connectivity index (χ0n) is 12.3. The number of aryl methyl sites for hydroxylation is 1. The molecule has 0 unspecified atom stereocenters. The van der Waals surface area contributed by atoms with Crippen LogP contribution in [0, 0.1) is 6.92 Å². The van der Waals surface area contributed by atoms with Crippen LogP contribution in [-0.4, -0.2) is 43.9 Å². The van der Waals surface area contributed by atoms with E-state index in [1.165, 1.54) is 13.0 Å². The molecule has 1 aromatic carbocycles. The zero-order valence-corrected chi connectivity index (χ0v) is 13.1. The van der Waals surface area contributed by atoms with Crippen molar-refractivity contribution in [3.05, 3.63) is 29.3 Å². The van der Waals surface area contributed by atoms with Gasteiger partial charge in [0.05, 0.1) is 4.90 Å². The number of nitrogens with one attached hydrogen (secondary N) is 2. The lowest BCUT2D eigenvalue weighted by Crippen LogP contribution is -2.47. The summed E-state index contributed by atoms with van der Waals surface area (Å²) >= 11 is 0. The Morgan fingerprint density at radius 2 is 1.91 bits per heavy atom. The average Bonchev–Trinajstić information content (AvgIpc) is 2.41. The molecule has 1 aromatic rings. The first-order valence-corrected chi connectivity index (χ1v) is 7.74. The van der Waals surface area contributed by atoms with Crippen molar-refractivity contribution in [2.75, 3.05) is 6.54 Å². The average molecular weight is 346 g/mol. The number of hydrogen-bond acceptors (Lipinski definition) is 5. The van der Waals surface area contributed by atoms with Crippen molar-refractivity contribution in [2.24, 2.45) is 0 Å². The fourth-order valence-electron chi connectivity index (χ4n) is 1.73. The molecule has 0 saturated heterocycles. The molecule has 8 nitrogen and oxygen atoms in total. The predicted molar refractivity (Wildman–Crippen MR) is 77.0 cm³/mol. The summed E-state index contributed by atoms with van der Waals surface area (Å²) in [6.45, 7) is 2.21. The molecule has 0 bridgehead atoms. The highest BCUT2D eigenvalue weighted by Gasteiger charge is 2.21. The van der Waals surface area contributed by atoms with Gasteiger partial charge in [0.2, 0.25) is 5.91 Å². The van der Waals surface area contributed by atoms with Gasteiger partial charge in [0.1, 0.15) is 6.04 Å². The maximum atomic E-state index is 13.0. The van der Waals surface area contributed by atoms with Gasteiger partial charge in [-0.1, -0.05) is 6.07 Å². The van der Waals surface area contributed by atoms with E-state index in [2.05, 4.69) is 10.6 Å². The van der Waals surface area contributed by atoms with E-state index in [1.54, 1.807) is 0 Å². The van der Waals surface area contributed by atoms with Gasteiger partial charge in [0, 0.05) is 19.0 Å². The molecule has 1 rings (SSSR count). The summed E-state index contributed by atoms with van der Waals surface area (Å²) in [5, 5.41) is 13.3. The number of carboxylic acid groups (broad SMARTS) is 1. The fourth-order valence-corrected chi connectivity index (χ4v) is 2.22. The van der Waals surface area contributed by atoms with Gasteiger partial charge in [0.25, 0.3) is 5.91 Å². The molecule has 0 saturated carbocycles. The third-order valence-corrected chi connectivity index (χ3v) is 3.69. The Hall–Kier alpha value is -2.49. The zero-order chi connectivity index (χ0) is 17.8. The fraction of sp³-hybridized carbons (Fsp3) is 0.308. The van der Waals surface area contributed by atoms with E-state index < -0.39 is 45.5 Å². The van der Waals surface area contributed by atoms with E-state index in [0.717, 1.165) is 19.1 Å². The monoisotopic (exact) mass is 346 g/mol. The van der Waals surface area contributed by atoms with Crippen LogP contribution in [0.5, 0.6) is 0 Å². The summed E-state index contributed by atoms with van der Waals surface area (Å²) in [7, 11) is -4.97. The lowest BCUT2D eigenvalue weighted by Gasteiger charge is -2.15. The normalized spacial score (nSPS) is 12.3. The summed E-state index contributed by atoms with van der Waals surface area (Å²) in [5.74, 6) is -2.73. The second-order valence-corrected chi connectivity index (χ2v) is 6.06. The first kappa shape index (κ1) is 18.6. The van der Waals surface area contributed by atoms with Crippen molar-refractivity contribution in [2.45, 2.75) is 24.8 Å². The van der Waals surface area contributed by atoms with Crippen LogP contribution >= 0.6 is 0 Å². The van der Waals surface area contributed by atoms with Crippen LogP contribution in [0.3, 0.4) is 0 Å². The van der Waals surface area contributed by atoms with E-state index in [9.17, 15) is 26.7 Å². The molecule has 3 N–H and O–H groups in total. The van der Waals surface area contributed by atoms with Gasteiger partial charge in [-0.3, -0.25) is 9.59 Å². The number of benzene rings is 1. The van der Waals surface area contributed by atoms with E-state index in [0.29, 0.717) is 5.56 Å². The molecule has 0 aliphatic heterocycles. The smallest absolute Gasteiger partial charge is 0.332 e. The van der Waals surface area contributed by atoms with Gasteiger partial charge in [-0.25, -0.2) is 4.79 Å². The van der Waals surface area contributed by atoms with Gasteiger partial charge in [-0.05, 0) is 24.6 Å². The maximum Gasteiger partial charge on any atom is 0.332 e. The Kier molecular flexibility index (Phi) is 5.79. The minimum Gasteiger partial charge on any atom is -0.480 e. The summed E-state index contributed by atoms with van der Waals surface area (Å²) in [4.78, 5) is 33.2. The molecule has 0 spiro atoms. The van der Waals surface area contributed by atoms with Crippen LogP contribution in [0.2, 0.25) is 0 Å². The van der Waals surface area contributed by atoms with E-state index in [-0.39, 0.29) is 5.56 Å². The van der Waals surface area contributed by atoms with E-state index >= 15 is 0 Å². The Morgan fingerprint density at radius 3 is 2.39 bits per heavy atom. The number of carbonyl (C=O) groups excluding carboxylic acids is 2. The van der Waals surface area contributed by atoms with E-state index in [4.69, 9.17) is 5.11 Å². The van der Waals surface area contributed by atoms with Crippen molar-refractivity contribution < 1.29 is 31.8 Å². The van der Waals surface area contributed by atoms with Gasteiger partial charge < -0.3 is 15.7 Å². The highest BCUT2D eigenvalue weighted by Crippen LogP contribution is 2.17. The quantitative estimate of drug-likeness (QED) is 0.620. The number of carbonyl (C=O) groups is 3. The minimum absolute atomic E-state index is 0.115. The van der Waals surface area contributed by atoms with Crippen LogP contribution < -0.4 is 10.6 Å². The molecule has 126 valence electrons. The Bertz CT molecular complexity index is 747. The van der Waals surface area contributed by atoms with Crippen molar-refractivity contribution in [1.82, 2.24) is 10.6 Å². The van der Waals surface area contributed by atoms with Gasteiger partial charge in [-0.15, -0.1) is 3.89 Å². The number of carboxylic acids is 1. The number of halogens is 1. The molecular weight excluding hydrogens is 331 g/mol. The summed E-state index contributed by atoms with van der Waals surface area (Å²) < 4.78 is 34.7. The third-order valence-electron chi connectivity index (χ3n) is 2.88. The highest BCUT2D eigenvalue weighted by molar-refractivity contribution is 7.86. The Balaban J connectivity index is 2.93.